The number of aliphatic hydroxyl groups excluding tert-OH is 4. The fraction of sp³-hybridized carbons (Fsp3) is 0.950. The summed E-state index contributed by atoms with van der Waals surface area (Å²) >= 11 is 0. The van der Waals surface area contributed by atoms with Crippen LogP contribution in [0.3, 0.4) is 0 Å². The minimum atomic E-state index is -1.36. The van der Waals surface area contributed by atoms with Crippen molar-refractivity contribution in [2.24, 2.45) is 11.8 Å². The Hall–Kier alpha value is -0.770. The van der Waals surface area contributed by atoms with Crippen LogP contribution in [0.15, 0.2) is 0 Å². The highest BCUT2D eigenvalue weighted by atomic mass is 16.5. The highest BCUT2D eigenvalue weighted by Crippen LogP contribution is 2.28. The van der Waals surface area contributed by atoms with Crippen molar-refractivity contribution in [1.82, 2.24) is 10.6 Å². The van der Waals surface area contributed by atoms with E-state index >= 15 is 0 Å². The molecule has 1 amide bonds. The molecule has 28 heavy (non-hydrogen) atoms. The molecular formula is C20H38N2O6. The molecule has 164 valence electrons. The van der Waals surface area contributed by atoms with Gasteiger partial charge in [-0.15, -0.1) is 0 Å². The highest BCUT2D eigenvalue weighted by molar-refractivity contribution is 5.82. The van der Waals surface area contributed by atoms with E-state index in [9.17, 15) is 20.1 Å². The van der Waals surface area contributed by atoms with Crippen LogP contribution in [0.1, 0.15) is 52.9 Å². The molecule has 2 aliphatic rings. The van der Waals surface area contributed by atoms with Gasteiger partial charge in [0.15, 0.2) is 0 Å². The number of rotatable bonds is 9. The predicted molar refractivity (Wildman–Crippen MR) is 105 cm³/mol. The van der Waals surface area contributed by atoms with Gasteiger partial charge in [0.2, 0.25) is 5.91 Å². The first-order chi connectivity index (χ1) is 13.3. The van der Waals surface area contributed by atoms with Gasteiger partial charge in [0.25, 0.3) is 0 Å². The number of carbonyl (C=O) groups excluding carboxylic acids is 1. The van der Waals surface area contributed by atoms with Crippen molar-refractivity contribution < 1.29 is 30.0 Å². The molecule has 2 saturated heterocycles. The van der Waals surface area contributed by atoms with Crippen LogP contribution < -0.4 is 10.6 Å². The Labute approximate surface area is 167 Å². The molecule has 0 saturated carbocycles. The molecule has 2 fully saturated rings. The van der Waals surface area contributed by atoms with Crippen LogP contribution >= 0.6 is 0 Å². The molecule has 0 aromatic heterocycles. The average Bonchev–Trinajstić information content (AvgIpc) is 3.13. The zero-order valence-electron chi connectivity index (χ0n) is 17.3. The Morgan fingerprint density at radius 1 is 1.18 bits per heavy atom. The van der Waals surface area contributed by atoms with Crippen LogP contribution in [0.2, 0.25) is 0 Å². The van der Waals surface area contributed by atoms with Gasteiger partial charge in [0.1, 0.15) is 24.4 Å². The molecular weight excluding hydrogens is 364 g/mol. The van der Waals surface area contributed by atoms with Crippen molar-refractivity contribution >= 4 is 5.91 Å². The van der Waals surface area contributed by atoms with Crippen LogP contribution in [0.4, 0.5) is 0 Å². The van der Waals surface area contributed by atoms with Crippen LogP contribution in [0.25, 0.3) is 0 Å². The van der Waals surface area contributed by atoms with Crippen molar-refractivity contribution in [3.8, 4) is 0 Å². The van der Waals surface area contributed by atoms with Gasteiger partial charge in [-0.05, 0) is 44.1 Å². The van der Waals surface area contributed by atoms with Crippen molar-refractivity contribution in [3.05, 3.63) is 0 Å². The molecule has 8 heteroatoms. The summed E-state index contributed by atoms with van der Waals surface area (Å²) in [6.45, 7) is 6.75. The van der Waals surface area contributed by atoms with Gasteiger partial charge in [0.05, 0.1) is 18.2 Å². The second-order valence-electron chi connectivity index (χ2n) is 8.61. The SMILES string of the molecule is CCC[C@@H]1CN[C@H](C(=O)N[C@H](C(C)C)[C@H]2O[C@H](CCCO)[C@H](O)[C@@H](O)[C@H]2O)C1. The van der Waals surface area contributed by atoms with Gasteiger partial charge in [-0.2, -0.15) is 0 Å². The molecule has 0 aliphatic carbocycles. The smallest absolute Gasteiger partial charge is 0.237 e. The van der Waals surface area contributed by atoms with E-state index in [4.69, 9.17) is 9.84 Å². The van der Waals surface area contributed by atoms with E-state index in [0.717, 1.165) is 25.8 Å². The molecule has 2 heterocycles. The summed E-state index contributed by atoms with van der Waals surface area (Å²) in [5, 5.41) is 46.3. The van der Waals surface area contributed by atoms with Crippen LogP contribution in [0.5, 0.6) is 0 Å². The van der Waals surface area contributed by atoms with E-state index in [1.807, 2.05) is 13.8 Å². The zero-order chi connectivity index (χ0) is 20.8. The van der Waals surface area contributed by atoms with E-state index in [1.165, 1.54) is 0 Å². The lowest BCUT2D eigenvalue weighted by Gasteiger charge is -2.45. The Balaban J connectivity index is 2.05. The molecule has 0 radical (unpaired) electrons. The van der Waals surface area contributed by atoms with E-state index < -0.39 is 36.6 Å². The molecule has 8 nitrogen and oxygen atoms in total. The maximum atomic E-state index is 12.8. The lowest BCUT2D eigenvalue weighted by atomic mass is 9.85. The Morgan fingerprint density at radius 2 is 1.89 bits per heavy atom. The fourth-order valence-electron chi connectivity index (χ4n) is 4.34. The summed E-state index contributed by atoms with van der Waals surface area (Å²) in [6.07, 6.45) is -1.69. The number of nitrogens with one attached hydrogen (secondary N) is 2. The molecule has 2 aliphatic heterocycles. The predicted octanol–water partition coefficient (Wildman–Crippen LogP) is -0.472. The second kappa shape index (κ2) is 10.8. The number of carbonyl (C=O) groups is 1. The monoisotopic (exact) mass is 402 g/mol. The molecule has 8 atom stereocenters. The Bertz CT molecular complexity index is 491. The van der Waals surface area contributed by atoms with E-state index in [1.54, 1.807) is 0 Å². The Kier molecular flexibility index (Phi) is 9.11. The van der Waals surface area contributed by atoms with E-state index in [0.29, 0.717) is 18.8 Å². The Morgan fingerprint density at radius 3 is 2.50 bits per heavy atom. The molecule has 0 bridgehead atoms. The van der Waals surface area contributed by atoms with Crippen LogP contribution in [0, 0.1) is 11.8 Å². The first kappa shape index (κ1) is 23.5. The van der Waals surface area contributed by atoms with Crippen molar-refractivity contribution in [2.75, 3.05) is 13.2 Å². The molecule has 6 N–H and O–H groups in total. The van der Waals surface area contributed by atoms with Gasteiger partial charge in [-0.3, -0.25) is 4.79 Å². The van der Waals surface area contributed by atoms with Gasteiger partial charge in [-0.1, -0.05) is 27.2 Å². The summed E-state index contributed by atoms with van der Waals surface area (Å²) in [4.78, 5) is 12.8. The van der Waals surface area contributed by atoms with Gasteiger partial charge >= 0.3 is 0 Å². The normalized spacial score (nSPS) is 37.2. The van der Waals surface area contributed by atoms with Gasteiger partial charge in [-0.25, -0.2) is 0 Å². The van der Waals surface area contributed by atoms with Gasteiger partial charge in [0, 0.05) is 6.61 Å². The summed E-state index contributed by atoms with van der Waals surface area (Å²) in [7, 11) is 0. The lowest BCUT2D eigenvalue weighted by molar-refractivity contribution is -0.232. The number of aliphatic hydroxyl groups is 4. The molecule has 0 unspecified atom stereocenters. The van der Waals surface area contributed by atoms with Crippen molar-refractivity contribution in [2.45, 2.75) is 95.5 Å². The minimum absolute atomic E-state index is 0.0441. The number of hydrogen-bond acceptors (Lipinski definition) is 7. The third kappa shape index (κ3) is 5.64. The molecule has 0 aromatic rings. The first-order valence-corrected chi connectivity index (χ1v) is 10.6. The topological polar surface area (TPSA) is 131 Å². The molecule has 0 spiro atoms. The number of ether oxygens (including phenoxy) is 1. The summed E-state index contributed by atoms with van der Waals surface area (Å²) in [6, 6.07) is -0.771. The molecule has 0 aromatic carbocycles. The highest BCUT2D eigenvalue weighted by Gasteiger charge is 2.47. The number of hydrogen-bond donors (Lipinski definition) is 6. The maximum absolute atomic E-state index is 12.8. The second-order valence-corrected chi connectivity index (χ2v) is 8.61. The quantitative estimate of drug-likeness (QED) is 0.307. The lowest BCUT2D eigenvalue weighted by Crippen LogP contribution is -2.65. The standard InChI is InChI=1S/C20H38N2O6/c1-4-6-12-9-13(21-10-12)20(27)22-15(11(2)3)19-18(26)17(25)16(24)14(28-19)7-5-8-23/h11-19,21,23-26H,4-10H2,1-3H3,(H,22,27)/t12-,13-,14+,15+,16-,17+,18+,19+/m0/s1. The fourth-order valence-corrected chi connectivity index (χ4v) is 4.34. The number of amides is 1. The summed E-state index contributed by atoms with van der Waals surface area (Å²) < 4.78 is 5.92. The third-order valence-corrected chi connectivity index (χ3v) is 6.01. The largest absolute Gasteiger partial charge is 0.396 e. The minimum Gasteiger partial charge on any atom is -0.396 e. The van der Waals surface area contributed by atoms with E-state index in [-0.39, 0.29) is 24.5 Å². The zero-order valence-corrected chi connectivity index (χ0v) is 17.3. The summed E-state index contributed by atoms with van der Waals surface area (Å²) in [5.74, 6) is 0.326. The van der Waals surface area contributed by atoms with Crippen LogP contribution in [-0.2, 0) is 9.53 Å². The third-order valence-electron chi connectivity index (χ3n) is 6.01. The average molecular weight is 403 g/mol. The summed E-state index contributed by atoms with van der Waals surface area (Å²) in [5.41, 5.74) is 0. The van der Waals surface area contributed by atoms with Crippen molar-refractivity contribution in [1.29, 1.82) is 0 Å². The van der Waals surface area contributed by atoms with Gasteiger partial charge < -0.3 is 35.8 Å². The van der Waals surface area contributed by atoms with E-state index in [2.05, 4.69) is 17.6 Å². The molecule has 2 rings (SSSR count). The first-order valence-electron chi connectivity index (χ1n) is 10.6. The van der Waals surface area contributed by atoms with Crippen molar-refractivity contribution in [3.63, 3.8) is 0 Å². The van der Waals surface area contributed by atoms with Crippen LogP contribution in [-0.4, -0.2) is 82.1 Å². The maximum Gasteiger partial charge on any atom is 0.237 e.